The van der Waals surface area contributed by atoms with Crippen molar-refractivity contribution < 1.29 is 4.79 Å². The SMILES string of the molecule is Cc1cnc2nc([C@H]3CCCN3C(=O)NC3(c4ccccc4)CC3)sc2c1. The van der Waals surface area contributed by atoms with Gasteiger partial charge in [-0.25, -0.2) is 14.8 Å². The molecule has 0 unspecified atom stereocenters. The normalized spacial score (nSPS) is 20.8. The Kier molecular flexibility index (Phi) is 3.90. The summed E-state index contributed by atoms with van der Waals surface area (Å²) in [7, 11) is 0. The van der Waals surface area contributed by atoms with Crippen LogP contribution in [0, 0.1) is 6.92 Å². The zero-order chi connectivity index (χ0) is 18.4. The quantitative estimate of drug-likeness (QED) is 0.728. The standard InChI is InChI=1S/C21H22N4OS/c1-14-12-17-18(22-13-14)23-19(27-17)16-8-5-11-25(16)20(26)24-21(9-10-21)15-6-3-2-4-7-15/h2-4,6-7,12-13,16H,5,8-11H2,1H3,(H,24,26)/t16-/m1/s1. The molecule has 3 aromatic rings. The predicted molar refractivity (Wildman–Crippen MR) is 107 cm³/mol. The van der Waals surface area contributed by atoms with Gasteiger partial charge in [-0.2, -0.15) is 0 Å². The molecular formula is C21H22N4OS. The summed E-state index contributed by atoms with van der Waals surface area (Å²) in [6, 6.07) is 12.5. The fourth-order valence-electron chi connectivity index (χ4n) is 3.99. The number of aryl methyl sites for hydroxylation is 1. The Bertz CT molecular complexity index is 996. The summed E-state index contributed by atoms with van der Waals surface area (Å²) in [6.45, 7) is 2.82. The number of carbonyl (C=O) groups is 1. The average molecular weight is 379 g/mol. The number of carbonyl (C=O) groups excluding carboxylic acids is 1. The van der Waals surface area contributed by atoms with E-state index in [-0.39, 0.29) is 17.6 Å². The van der Waals surface area contributed by atoms with Crippen LogP contribution in [0.25, 0.3) is 10.3 Å². The van der Waals surface area contributed by atoms with Crippen molar-refractivity contribution in [2.75, 3.05) is 6.54 Å². The van der Waals surface area contributed by atoms with Crippen LogP contribution in [0.5, 0.6) is 0 Å². The number of hydrogen-bond acceptors (Lipinski definition) is 4. The lowest BCUT2D eigenvalue weighted by molar-refractivity contribution is 0.187. The van der Waals surface area contributed by atoms with Gasteiger partial charge < -0.3 is 10.2 Å². The number of urea groups is 1. The molecule has 0 bridgehead atoms. The number of nitrogens with zero attached hydrogens (tertiary/aromatic N) is 3. The van der Waals surface area contributed by atoms with E-state index in [9.17, 15) is 4.79 Å². The second kappa shape index (κ2) is 6.30. The highest BCUT2D eigenvalue weighted by molar-refractivity contribution is 7.18. The third-order valence-corrected chi connectivity index (χ3v) is 6.71. The van der Waals surface area contributed by atoms with Crippen molar-refractivity contribution in [2.24, 2.45) is 0 Å². The number of rotatable bonds is 3. The lowest BCUT2D eigenvalue weighted by atomic mass is 10.1. The van der Waals surface area contributed by atoms with Gasteiger partial charge in [-0.15, -0.1) is 11.3 Å². The molecule has 1 saturated carbocycles. The Hall–Kier alpha value is -2.47. The molecule has 2 aliphatic rings. The molecule has 5 rings (SSSR count). The number of likely N-dealkylation sites (tertiary alicyclic amines) is 1. The number of amides is 2. The number of hydrogen-bond donors (Lipinski definition) is 1. The van der Waals surface area contributed by atoms with E-state index in [0.717, 1.165) is 53.1 Å². The minimum Gasteiger partial charge on any atom is -0.328 e. The van der Waals surface area contributed by atoms with Crippen LogP contribution in [0.2, 0.25) is 0 Å². The van der Waals surface area contributed by atoms with E-state index in [2.05, 4.69) is 28.5 Å². The maximum Gasteiger partial charge on any atom is 0.318 e. The Morgan fingerprint density at radius 2 is 2.11 bits per heavy atom. The van der Waals surface area contributed by atoms with Crippen molar-refractivity contribution in [3.8, 4) is 0 Å². The first-order valence-corrected chi connectivity index (χ1v) is 10.3. The molecule has 1 aromatic carbocycles. The van der Waals surface area contributed by atoms with Crippen LogP contribution < -0.4 is 5.32 Å². The van der Waals surface area contributed by atoms with Crippen LogP contribution in [0.4, 0.5) is 4.79 Å². The number of nitrogens with one attached hydrogen (secondary N) is 1. The van der Waals surface area contributed by atoms with Crippen molar-refractivity contribution in [1.82, 2.24) is 20.2 Å². The third kappa shape index (κ3) is 2.98. The zero-order valence-corrected chi connectivity index (χ0v) is 16.1. The summed E-state index contributed by atoms with van der Waals surface area (Å²) < 4.78 is 1.10. The molecule has 27 heavy (non-hydrogen) atoms. The third-order valence-electron chi connectivity index (χ3n) is 5.62. The molecule has 3 heterocycles. The molecule has 1 atom stereocenters. The molecule has 138 valence electrons. The molecule has 0 radical (unpaired) electrons. The molecule has 1 N–H and O–H groups in total. The van der Waals surface area contributed by atoms with Crippen molar-refractivity contribution >= 4 is 27.7 Å². The van der Waals surface area contributed by atoms with E-state index >= 15 is 0 Å². The summed E-state index contributed by atoms with van der Waals surface area (Å²) in [5.74, 6) is 0. The van der Waals surface area contributed by atoms with Crippen LogP contribution >= 0.6 is 11.3 Å². The summed E-state index contributed by atoms with van der Waals surface area (Å²) >= 11 is 1.66. The Morgan fingerprint density at radius 3 is 2.89 bits per heavy atom. The molecular weight excluding hydrogens is 356 g/mol. The second-order valence-corrected chi connectivity index (χ2v) is 8.68. The lowest BCUT2D eigenvalue weighted by Crippen LogP contribution is -2.44. The number of benzene rings is 1. The summed E-state index contributed by atoms with van der Waals surface area (Å²) in [5, 5.41) is 4.32. The van der Waals surface area contributed by atoms with E-state index in [1.54, 1.807) is 11.3 Å². The van der Waals surface area contributed by atoms with E-state index in [1.165, 1.54) is 5.56 Å². The van der Waals surface area contributed by atoms with Gasteiger partial charge in [0.1, 0.15) is 5.01 Å². The average Bonchev–Trinajstić information content (AvgIpc) is 3.12. The van der Waals surface area contributed by atoms with Crippen molar-refractivity contribution in [1.29, 1.82) is 0 Å². The Labute approximate surface area is 162 Å². The van der Waals surface area contributed by atoms with Gasteiger partial charge in [0.05, 0.1) is 16.3 Å². The first-order valence-electron chi connectivity index (χ1n) is 9.52. The van der Waals surface area contributed by atoms with Crippen molar-refractivity contribution in [2.45, 2.75) is 44.2 Å². The van der Waals surface area contributed by atoms with Crippen LogP contribution in [-0.2, 0) is 5.54 Å². The lowest BCUT2D eigenvalue weighted by Gasteiger charge is -2.27. The van der Waals surface area contributed by atoms with Gasteiger partial charge in [0.25, 0.3) is 0 Å². The fourth-order valence-corrected chi connectivity index (χ4v) is 5.16. The van der Waals surface area contributed by atoms with E-state index in [0.29, 0.717) is 0 Å². The molecule has 6 heteroatoms. The van der Waals surface area contributed by atoms with Gasteiger partial charge >= 0.3 is 6.03 Å². The van der Waals surface area contributed by atoms with Crippen molar-refractivity contribution in [3.05, 3.63) is 58.7 Å². The van der Waals surface area contributed by atoms with E-state index in [1.807, 2.05) is 36.2 Å². The first-order chi connectivity index (χ1) is 13.1. The van der Waals surface area contributed by atoms with Crippen LogP contribution in [0.3, 0.4) is 0 Å². The highest BCUT2D eigenvalue weighted by Crippen LogP contribution is 2.46. The topological polar surface area (TPSA) is 58.1 Å². The van der Waals surface area contributed by atoms with E-state index < -0.39 is 0 Å². The van der Waals surface area contributed by atoms with Gasteiger partial charge in [0.15, 0.2) is 5.65 Å². The summed E-state index contributed by atoms with van der Waals surface area (Å²) in [6.07, 6.45) is 5.84. The first kappa shape index (κ1) is 16.7. The highest BCUT2D eigenvalue weighted by Gasteiger charge is 2.47. The van der Waals surface area contributed by atoms with E-state index in [4.69, 9.17) is 4.98 Å². The Balaban J connectivity index is 1.38. The largest absolute Gasteiger partial charge is 0.328 e. The number of fused-ring (bicyclic) bond motifs is 1. The second-order valence-electron chi connectivity index (χ2n) is 7.62. The monoisotopic (exact) mass is 378 g/mol. The van der Waals surface area contributed by atoms with Crippen LogP contribution in [0.1, 0.15) is 47.9 Å². The molecule has 1 aliphatic carbocycles. The molecule has 2 aromatic heterocycles. The molecule has 5 nitrogen and oxygen atoms in total. The van der Waals surface area contributed by atoms with Gasteiger partial charge in [-0.05, 0) is 49.8 Å². The van der Waals surface area contributed by atoms with Gasteiger partial charge in [0, 0.05) is 12.7 Å². The fraction of sp³-hybridized carbons (Fsp3) is 0.381. The molecule has 0 spiro atoms. The summed E-state index contributed by atoms with van der Waals surface area (Å²) in [4.78, 5) is 24.2. The minimum atomic E-state index is -0.183. The molecule has 2 amide bonds. The molecule has 1 saturated heterocycles. The van der Waals surface area contributed by atoms with Gasteiger partial charge in [-0.1, -0.05) is 30.3 Å². The van der Waals surface area contributed by atoms with Gasteiger partial charge in [0.2, 0.25) is 0 Å². The van der Waals surface area contributed by atoms with Crippen LogP contribution in [0.15, 0.2) is 42.6 Å². The number of pyridine rings is 1. The molecule has 1 aliphatic heterocycles. The number of thiazole rings is 1. The maximum absolute atomic E-state index is 13.1. The minimum absolute atomic E-state index is 0.0299. The highest BCUT2D eigenvalue weighted by atomic mass is 32.1. The van der Waals surface area contributed by atoms with Crippen LogP contribution in [-0.4, -0.2) is 27.4 Å². The maximum atomic E-state index is 13.1. The molecule has 2 fully saturated rings. The van der Waals surface area contributed by atoms with Crippen molar-refractivity contribution in [3.63, 3.8) is 0 Å². The zero-order valence-electron chi connectivity index (χ0n) is 15.3. The predicted octanol–water partition coefficient (Wildman–Crippen LogP) is 4.54. The smallest absolute Gasteiger partial charge is 0.318 e. The Morgan fingerprint density at radius 1 is 1.30 bits per heavy atom. The summed E-state index contributed by atoms with van der Waals surface area (Å²) in [5.41, 5.74) is 2.94. The number of aromatic nitrogens is 2. The van der Waals surface area contributed by atoms with Gasteiger partial charge in [-0.3, -0.25) is 0 Å².